The maximum absolute atomic E-state index is 2.65. The summed E-state index contributed by atoms with van der Waals surface area (Å²) in [6.07, 6.45) is 10.6. The zero-order chi connectivity index (χ0) is 20.0. The molecule has 2 atom stereocenters. The zero-order valence-electron chi connectivity index (χ0n) is 18.9. The number of benzene rings is 2. The molecule has 2 aliphatic heterocycles. The third-order valence-corrected chi connectivity index (χ3v) is 14.4. The second-order valence-electron chi connectivity index (χ2n) is 10.2. The first-order valence-electron chi connectivity index (χ1n) is 11.4. The molecule has 0 aromatic heterocycles. The van der Waals surface area contributed by atoms with E-state index in [1.807, 2.05) is 0 Å². The van der Waals surface area contributed by atoms with Gasteiger partial charge < -0.3 is 24.8 Å². The summed E-state index contributed by atoms with van der Waals surface area (Å²) in [4.78, 5) is 0. The minimum atomic E-state index is -0.761. The molecule has 2 heterocycles. The molecule has 160 valence electrons. The van der Waals surface area contributed by atoms with Crippen LogP contribution in [-0.4, -0.2) is 0 Å². The first-order chi connectivity index (χ1) is 14.0. The number of halogens is 2. The minimum absolute atomic E-state index is 0. The van der Waals surface area contributed by atoms with Crippen molar-refractivity contribution in [2.45, 2.75) is 71.5 Å². The van der Waals surface area contributed by atoms with Crippen molar-refractivity contribution >= 4 is 12.2 Å². The Labute approximate surface area is 211 Å². The van der Waals surface area contributed by atoms with E-state index in [0.29, 0.717) is 18.1 Å². The molecule has 0 radical (unpaired) electrons. The number of hydrogen-bond acceptors (Lipinski definition) is 0. The van der Waals surface area contributed by atoms with Crippen molar-refractivity contribution in [2.24, 2.45) is 0 Å². The van der Waals surface area contributed by atoms with Crippen LogP contribution < -0.4 is 24.8 Å². The Kier molecular flexibility index (Phi) is 6.08. The van der Waals surface area contributed by atoms with Gasteiger partial charge in [-0.05, 0) is 0 Å². The molecule has 6 rings (SSSR count). The molecular formula is C28H30Cl2Zr. The topological polar surface area (TPSA) is 0 Å². The molecule has 2 fully saturated rings. The van der Waals surface area contributed by atoms with E-state index in [1.54, 1.807) is 44.5 Å². The van der Waals surface area contributed by atoms with Gasteiger partial charge in [-0.3, -0.25) is 0 Å². The van der Waals surface area contributed by atoms with E-state index in [9.17, 15) is 0 Å². The van der Waals surface area contributed by atoms with Gasteiger partial charge in [0.05, 0.1) is 0 Å². The Morgan fingerprint density at radius 3 is 1.48 bits per heavy atom. The number of allylic oxidation sites excluding steroid dienone is 2. The molecule has 2 unspecified atom stereocenters. The molecule has 4 aliphatic rings. The average molecular weight is 529 g/mol. The Morgan fingerprint density at radius 1 is 0.677 bits per heavy atom. The minimum Gasteiger partial charge on any atom is -1.00 e. The average Bonchev–Trinajstić information content (AvgIpc) is 3.31. The molecular weight excluding hydrogens is 498 g/mol. The standard InChI is InChI=1S/C28H30.2ClH.Zr/c1-17(2)21-7-5-9-25-23-13-14-24-20(12-11-19(23)15-27(21)25)16-28-22(18(3)4)8-6-10-26(24)28;;;/h5-10,15-18H,11-14H2,1-4H3;2*1H;/q;;;+2/p-2. The van der Waals surface area contributed by atoms with Crippen LogP contribution in [0.3, 0.4) is 0 Å². The number of rotatable bonds is 2. The molecule has 2 aromatic rings. The fourth-order valence-corrected chi connectivity index (χ4v) is 13.3. The predicted octanol–water partition coefficient (Wildman–Crippen LogP) is 1.50. The molecule has 0 N–H and O–H groups in total. The second-order valence-corrected chi connectivity index (χ2v) is 15.0. The molecule has 3 heteroatoms. The third-order valence-electron chi connectivity index (χ3n) is 8.14. The van der Waals surface area contributed by atoms with Gasteiger partial charge in [-0.1, -0.05) is 0 Å². The van der Waals surface area contributed by atoms with Crippen molar-refractivity contribution in [3.8, 4) is 0 Å². The Morgan fingerprint density at radius 2 is 1.10 bits per heavy atom. The van der Waals surface area contributed by atoms with Crippen molar-refractivity contribution in [3.63, 3.8) is 0 Å². The summed E-state index contributed by atoms with van der Waals surface area (Å²) in [5.74, 6) is 1.22. The van der Waals surface area contributed by atoms with Crippen molar-refractivity contribution in [3.05, 3.63) is 80.9 Å². The fraction of sp³-hybridized carbons (Fsp3) is 0.429. The van der Waals surface area contributed by atoms with E-state index in [0.717, 1.165) is 0 Å². The van der Waals surface area contributed by atoms with Crippen LogP contribution in [0.5, 0.6) is 0 Å². The van der Waals surface area contributed by atoms with Gasteiger partial charge in [-0.25, -0.2) is 0 Å². The van der Waals surface area contributed by atoms with E-state index in [-0.39, 0.29) is 24.8 Å². The van der Waals surface area contributed by atoms with Crippen molar-refractivity contribution < 1.29 is 48.0 Å². The van der Waals surface area contributed by atoms with Gasteiger partial charge in [0.15, 0.2) is 0 Å². The number of hydrogen-bond donors (Lipinski definition) is 0. The monoisotopic (exact) mass is 526 g/mol. The van der Waals surface area contributed by atoms with Crippen molar-refractivity contribution in [1.82, 2.24) is 0 Å². The maximum atomic E-state index is 2.65. The van der Waals surface area contributed by atoms with Crippen LogP contribution in [0.25, 0.3) is 12.2 Å². The molecule has 0 nitrogen and oxygen atoms in total. The van der Waals surface area contributed by atoms with Crippen LogP contribution in [-0.2, 0) is 29.5 Å². The van der Waals surface area contributed by atoms with Crippen LogP contribution >= 0.6 is 0 Å². The molecule has 2 spiro atoms. The first-order valence-corrected chi connectivity index (χ1v) is 13.9. The third kappa shape index (κ3) is 3.02. The molecule has 0 amide bonds. The molecule has 2 aliphatic carbocycles. The Balaban J connectivity index is 0.00000116. The van der Waals surface area contributed by atoms with E-state index in [1.165, 1.54) is 25.7 Å². The van der Waals surface area contributed by atoms with Crippen LogP contribution in [0.15, 0.2) is 47.5 Å². The zero-order valence-corrected chi connectivity index (χ0v) is 22.8. The van der Waals surface area contributed by atoms with Crippen LogP contribution in [0.4, 0.5) is 0 Å². The summed E-state index contributed by atoms with van der Waals surface area (Å²) in [6.45, 7) is 9.43. The first kappa shape index (κ1) is 23.5. The van der Waals surface area contributed by atoms with Crippen LogP contribution in [0.1, 0.15) is 98.6 Å². The molecule has 2 saturated heterocycles. The van der Waals surface area contributed by atoms with Crippen LogP contribution in [0, 0.1) is 0 Å². The smallest absolute Gasteiger partial charge is 1.00 e. The molecule has 0 saturated carbocycles. The number of fused-ring (bicyclic) bond motifs is 2. The van der Waals surface area contributed by atoms with E-state index >= 15 is 0 Å². The van der Waals surface area contributed by atoms with Crippen molar-refractivity contribution in [1.29, 1.82) is 0 Å². The molecule has 2 bridgehead atoms. The van der Waals surface area contributed by atoms with E-state index < -0.39 is 23.2 Å². The van der Waals surface area contributed by atoms with Crippen molar-refractivity contribution in [2.75, 3.05) is 0 Å². The second kappa shape index (κ2) is 8.00. The largest absolute Gasteiger partial charge is 1.00 e. The maximum Gasteiger partial charge on any atom is -1.00 e. The van der Waals surface area contributed by atoms with E-state index in [4.69, 9.17) is 0 Å². The normalized spacial score (nSPS) is 26.3. The predicted molar refractivity (Wildman–Crippen MR) is 119 cm³/mol. The summed E-state index contributed by atoms with van der Waals surface area (Å²) in [6, 6.07) is 14.5. The summed E-state index contributed by atoms with van der Waals surface area (Å²) >= 11 is -0.761. The fourth-order valence-electron chi connectivity index (χ4n) is 6.77. The van der Waals surface area contributed by atoms with Gasteiger partial charge in [0.2, 0.25) is 0 Å². The molecule has 2 aromatic carbocycles. The molecule has 31 heavy (non-hydrogen) atoms. The summed E-state index contributed by atoms with van der Waals surface area (Å²) in [5, 5.41) is 0. The quantitative estimate of drug-likeness (QED) is 0.555. The summed E-state index contributed by atoms with van der Waals surface area (Å²) in [7, 11) is 0. The van der Waals surface area contributed by atoms with Gasteiger partial charge in [0.25, 0.3) is 0 Å². The van der Waals surface area contributed by atoms with Gasteiger partial charge >= 0.3 is 188 Å². The van der Waals surface area contributed by atoms with Gasteiger partial charge in [-0.15, -0.1) is 0 Å². The Bertz CT molecular complexity index is 1020. The summed E-state index contributed by atoms with van der Waals surface area (Å²) < 4.78 is 0.906. The van der Waals surface area contributed by atoms with Gasteiger partial charge in [0, 0.05) is 0 Å². The van der Waals surface area contributed by atoms with Crippen LogP contribution in [0.2, 0.25) is 0 Å². The Hall–Kier alpha value is -0.617. The summed E-state index contributed by atoms with van der Waals surface area (Å²) in [5.41, 5.74) is 13.4. The van der Waals surface area contributed by atoms with Gasteiger partial charge in [0.1, 0.15) is 0 Å². The van der Waals surface area contributed by atoms with E-state index in [2.05, 4.69) is 76.2 Å². The SMILES string of the molecule is CC(C)c1cccc2c1C=C1CCC3=Cc4c(C(C)C)cccc4[C]34CC[C]12[Zr+2]4.[Cl-].[Cl-]. The van der Waals surface area contributed by atoms with Gasteiger partial charge in [-0.2, -0.15) is 0 Å².